The standard InChI is InChI=1S/C12H17N3O3/c1-4-12(18)5-15(6-12)11(17)9-7(2)8(3)13-14-10(9)16/h18H,4-6H2,1-3H3,(H,14,16). The van der Waals surface area contributed by atoms with E-state index in [2.05, 4.69) is 10.2 Å². The minimum absolute atomic E-state index is 0.126. The third kappa shape index (κ3) is 1.92. The summed E-state index contributed by atoms with van der Waals surface area (Å²) in [6.07, 6.45) is 0.599. The zero-order valence-electron chi connectivity index (χ0n) is 10.8. The molecular weight excluding hydrogens is 234 g/mol. The molecule has 1 fully saturated rings. The molecule has 0 saturated carbocycles. The molecule has 0 aromatic carbocycles. The minimum atomic E-state index is -0.793. The Morgan fingerprint density at radius 3 is 2.67 bits per heavy atom. The summed E-state index contributed by atoms with van der Waals surface area (Å²) in [6, 6.07) is 0. The molecule has 98 valence electrons. The van der Waals surface area contributed by atoms with Gasteiger partial charge in [0.1, 0.15) is 5.56 Å². The zero-order valence-corrected chi connectivity index (χ0v) is 10.8. The zero-order chi connectivity index (χ0) is 13.5. The monoisotopic (exact) mass is 251 g/mol. The van der Waals surface area contributed by atoms with Crippen molar-refractivity contribution in [2.75, 3.05) is 13.1 Å². The molecule has 0 atom stereocenters. The summed E-state index contributed by atoms with van der Waals surface area (Å²) in [5, 5.41) is 16.0. The minimum Gasteiger partial charge on any atom is -0.386 e. The highest BCUT2D eigenvalue weighted by Crippen LogP contribution is 2.25. The first-order chi connectivity index (χ1) is 8.38. The fourth-order valence-electron chi connectivity index (χ4n) is 2.07. The van der Waals surface area contributed by atoms with E-state index >= 15 is 0 Å². The van der Waals surface area contributed by atoms with E-state index < -0.39 is 11.2 Å². The van der Waals surface area contributed by atoms with Crippen molar-refractivity contribution in [3.63, 3.8) is 0 Å². The number of nitrogens with one attached hydrogen (secondary N) is 1. The predicted octanol–water partition coefficient (Wildman–Crippen LogP) is -0.0164. The highest BCUT2D eigenvalue weighted by molar-refractivity contribution is 5.96. The van der Waals surface area contributed by atoms with Gasteiger partial charge in [-0.15, -0.1) is 0 Å². The number of β-amino-alcohol motifs (C(OH)–C–C–N with tert-alkyl or cyclic N) is 1. The third-order valence-electron chi connectivity index (χ3n) is 3.60. The van der Waals surface area contributed by atoms with Crippen LogP contribution in [0.3, 0.4) is 0 Å². The van der Waals surface area contributed by atoms with Gasteiger partial charge in [-0.05, 0) is 25.8 Å². The number of hydrogen-bond acceptors (Lipinski definition) is 4. The number of aromatic nitrogens is 2. The molecule has 18 heavy (non-hydrogen) atoms. The molecule has 1 aliphatic heterocycles. The van der Waals surface area contributed by atoms with Crippen molar-refractivity contribution < 1.29 is 9.90 Å². The fraction of sp³-hybridized carbons (Fsp3) is 0.583. The van der Waals surface area contributed by atoms with Crippen LogP contribution in [0.25, 0.3) is 0 Å². The van der Waals surface area contributed by atoms with E-state index in [1.54, 1.807) is 13.8 Å². The van der Waals surface area contributed by atoms with Gasteiger partial charge in [0.15, 0.2) is 0 Å². The van der Waals surface area contributed by atoms with Crippen LogP contribution in [0.5, 0.6) is 0 Å². The Kier molecular flexibility index (Phi) is 2.98. The molecule has 1 saturated heterocycles. The van der Waals surface area contributed by atoms with Crippen molar-refractivity contribution in [2.45, 2.75) is 32.8 Å². The van der Waals surface area contributed by atoms with E-state index in [0.29, 0.717) is 17.7 Å². The van der Waals surface area contributed by atoms with Crippen LogP contribution in [-0.2, 0) is 0 Å². The second-order valence-corrected chi connectivity index (χ2v) is 4.88. The molecule has 1 aromatic heterocycles. The first-order valence-electron chi connectivity index (χ1n) is 5.95. The molecule has 0 bridgehead atoms. The highest BCUT2D eigenvalue weighted by atomic mass is 16.3. The van der Waals surface area contributed by atoms with Crippen LogP contribution < -0.4 is 5.56 Å². The number of likely N-dealkylation sites (tertiary alicyclic amines) is 1. The van der Waals surface area contributed by atoms with Crippen LogP contribution in [-0.4, -0.2) is 44.8 Å². The topological polar surface area (TPSA) is 86.3 Å². The first-order valence-corrected chi connectivity index (χ1v) is 5.95. The average molecular weight is 251 g/mol. The van der Waals surface area contributed by atoms with Crippen LogP contribution >= 0.6 is 0 Å². The van der Waals surface area contributed by atoms with Gasteiger partial charge >= 0.3 is 0 Å². The number of amides is 1. The van der Waals surface area contributed by atoms with Gasteiger partial charge in [-0.2, -0.15) is 5.10 Å². The molecule has 0 spiro atoms. The molecule has 1 aliphatic rings. The van der Waals surface area contributed by atoms with Crippen LogP contribution in [0.2, 0.25) is 0 Å². The second-order valence-electron chi connectivity index (χ2n) is 4.88. The summed E-state index contributed by atoms with van der Waals surface area (Å²) in [7, 11) is 0. The first kappa shape index (κ1) is 12.8. The van der Waals surface area contributed by atoms with Gasteiger partial charge in [-0.25, -0.2) is 5.10 Å². The van der Waals surface area contributed by atoms with Crippen LogP contribution in [0.1, 0.15) is 35.0 Å². The molecule has 2 rings (SSSR count). The van der Waals surface area contributed by atoms with E-state index in [9.17, 15) is 14.7 Å². The number of aromatic amines is 1. The van der Waals surface area contributed by atoms with Crippen molar-refractivity contribution in [3.8, 4) is 0 Å². The maximum atomic E-state index is 12.2. The quantitative estimate of drug-likeness (QED) is 0.773. The van der Waals surface area contributed by atoms with Gasteiger partial charge in [-0.3, -0.25) is 9.59 Å². The lowest BCUT2D eigenvalue weighted by molar-refractivity contribution is -0.0827. The number of carbonyl (C=O) groups is 1. The highest BCUT2D eigenvalue weighted by Gasteiger charge is 2.43. The molecular formula is C12H17N3O3. The van der Waals surface area contributed by atoms with Gasteiger partial charge in [0.05, 0.1) is 24.4 Å². The number of hydrogen-bond donors (Lipinski definition) is 2. The average Bonchev–Trinajstić information content (AvgIpc) is 2.30. The molecule has 6 heteroatoms. The van der Waals surface area contributed by atoms with Crippen LogP contribution in [0, 0.1) is 13.8 Å². The van der Waals surface area contributed by atoms with E-state index in [4.69, 9.17) is 0 Å². The summed E-state index contributed by atoms with van der Waals surface area (Å²) in [6.45, 7) is 5.87. The SMILES string of the molecule is CCC1(O)CN(C(=O)c2c(C)c(C)n[nH]c2=O)C1. The van der Waals surface area contributed by atoms with Crippen LogP contribution in [0.15, 0.2) is 4.79 Å². The summed E-state index contributed by atoms with van der Waals surface area (Å²) in [4.78, 5) is 25.4. The molecule has 1 amide bonds. The number of aryl methyl sites for hydroxylation is 1. The molecule has 1 aromatic rings. The van der Waals surface area contributed by atoms with Gasteiger partial charge in [0.2, 0.25) is 0 Å². The lowest BCUT2D eigenvalue weighted by Crippen LogP contribution is -2.63. The van der Waals surface area contributed by atoms with Crippen LogP contribution in [0.4, 0.5) is 0 Å². The number of rotatable bonds is 2. The molecule has 0 aliphatic carbocycles. The summed E-state index contributed by atoms with van der Waals surface area (Å²) >= 11 is 0. The van der Waals surface area contributed by atoms with Gasteiger partial charge in [0, 0.05) is 0 Å². The number of nitrogens with zero attached hydrogens (tertiary/aromatic N) is 2. The Morgan fingerprint density at radius 2 is 2.11 bits per heavy atom. The maximum Gasteiger partial charge on any atom is 0.277 e. The van der Waals surface area contributed by atoms with E-state index in [-0.39, 0.29) is 24.6 Å². The lowest BCUT2D eigenvalue weighted by atomic mass is 9.90. The normalized spacial score (nSPS) is 17.4. The van der Waals surface area contributed by atoms with Crippen molar-refractivity contribution in [1.29, 1.82) is 0 Å². The van der Waals surface area contributed by atoms with Crippen molar-refractivity contribution in [3.05, 3.63) is 27.2 Å². The lowest BCUT2D eigenvalue weighted by Gasteiger charge is -2.46. The van der Waals surface area contributed by atoms with E-state index in [1.165, 1.54) is 4.90 Å². The van der Waals surface area contributed by atoms with Gasteiger partial charge in [-0.1, -0.05) is 6.92 Å². The molecule has 2 N–H and O–H groups in total. The Morgan fingerprint density at radius 1 is 1.50 bits per heavy atom. The molecule has 0 radical (unpaired) electrons. The largest absolute Gasteiger partial charge is 0.386 e. The molecule has 2 heterocycles. The second kappa shape index (κ2) is 4.20. The summed E-state index contributed by atoms with van der Waals surface area (Å²) in [5.41, 5.74) is 0.0777. The fourth-order valence-corrected chi connectivity index (χ4v) is 2.07. The predicted molar refractivity (Wildman–Crippen MR) is 65.5 cm³/mol. The Balaban J connectivity index is 2.27. The van der Waals surface area contributed by atoms with Gasteiger partial charge in [0.25, 0.3) is 11.5 Å². The Bertz CT molecular complexity index is 544. The van der Waals surface area contributed by atoms with Crippen molar-refractivity contribution >= 4 is 5.91 Å². The molecule has 6 nitrogen and oxygen atoms in total. The number of aliphatic hydroxyl groups is 1. The third-order valence-corrected chi connectivity index (χ3v) is 3.60. The smallest absolute Gasteiger partial charge is 0.277 e. The van der Waals surface area contributed by atoms with Crippen molar-refractivity contribution in [2.24, 2.45) is 0 Å². The van der Waals surface area contributed by atoms with Gasteiger partial charge < -0.3 is 10.0 Å². The van der Waals surface area contributed by atoms with E-state index in [1.807, 2.05) is 6.92 Å². The maximum absolute atomic E-state index is 12.2. The number of carbonyl (C=O) groups excluding carboxylic acids is 1. The summed E-state index contributed by atoms with van der Waals surface area (Å²) < 4.78 is 0. The number of H-pyrrole nitrogens is 1. The Hall–Kier alpha value is -1.69. The van der Waals surface area contributed by atoms with E-state index in [0.717, 1.165) is 0 Å². The summed E-state index contributed by atoms with van der Waals surface area (Å²) in [5.74, 6) is -0.336. The molecule has 0 unspecified atom stereocenters. The Labute approximate surface area is 105 Å². The van der Waals surface area contributed by atoms with Crippen molar-refractivity contribution in [1.82, 2.24) is 15.1 Å².